The number of carbonyl (C=O) groups is 2. The van der Waals surface area contributed by atoms with E-state index in [9.17, 15) is 19.8 Å². The lowest BCUT2D eigenvalue weighted by molar-refractivity contribution is -0.140. The molecular formula is C26H31NO7. The topological polar surface area (TPSA) is 106 Å². The van der Waals surface area contributed by atoms with Crippen molar-refractivity contribution in [2.24, 2.45) is 0 Å². The number of aryl methyl sites for hydroxylation is 1. The number of nitrogens with zero attached hydrogens (tertiary/aromatic N) is 1. The van der Waals surface area contributed by atoms with Gasteiger partial charge >= 0.3 is 0 Å². The highest BCUT2D eigenvalue weighted by molar-refractivity contribution is 6.46. The van der Waals surface area contributed by atoms with E-state index in [1.807, 2.05) is 20.8 Å². The lowest BCUT2D eigenvalue weighted by Crippen LogP contribution is -2.32. The number of carbonyl (C=O) groups excluding carboxylic acids is 2. The molecule has 2 N–H and O–H groups in total. The molecule has 0 radical (unpaired) electrons. The number of aromatic hydroxyl groups is 1. The third-order valence-electron chi connectivity index (χ3n) is 5.49. The molecule has 3 rings (SSSR count). The second-order valence-corrected chi connectivity index (χ2v) is 8.29. The van der Waals surface area contributed by atoms with Crippen LogP contribution >= 0.6 is 0 Å². The van der Waals surface area contributed by atoms with E-state index in [2.05, 4.69) is 0 Å². The number of benzene rings is 2. The van der Waals surface area contributed by atoms with Crippen LogP contribution in [0.1, 0.15) is 43.5 Å². The molecule has 1 fully saturated rings. The molecule has 0 aliphatic carbocycles. The predicted molar refractivity (Wildman–Crippen MR) is 127 cm³/mol. The molecule has 0 unspecified atom stereocenters. The summed E-state index contributed by atoms with van der Waals surface area (Å²) in [6.45, 7) is 8.15. The summed E-state index contributed by atoms with van der Waals surface area (Å²) in [5.74, 6) is -0.966. The number of phenolic OH excluding ortho intramolecular Hbond substituents is 1. The van der Waals surface area contributed by atoms with Crippen molar-refractivity contribution >= 4 is 17.4 Å². The molecular weight excluding hydrogens is 438 g/mol. The molecule has 0 bridgehead atoms. The third-order valence-corrected chi connectivity index (χ3v) is 5.49. The molecule has 182 valence electrons. The van der Waals surface area contributed by atoms with E-state index >= 15 is 0 Å². The van der Waals surface area contributed by atoms with E-state index in [1.54, 1.807) is 37.3 Å². The molecule has 1 aliphatic rings. The van der Waals surface area contributed by atoms with Gasteiger partial charge in [-0.1, -0.05) is 6.07 Å². The van der Waals surface area contributed by atoms with E-state index in [0.717, 1.165) is 5.56 Å². The van der Waals surface area contributed by atoms with Crippen LogP contribution in [0.2, 0.25) is 0 Å². The van der Waals surface area contributed by atoms with Crippen LogP contribution < -0.4 is 9.47 Å². The fraction of sp³-hybridized carbons (Fsp3) is 0.385. The number of likely N-dealkylation sites (tertiary alicyclic amines) is 1. The Hall–Kier alpha value is -3.52. The Bertz CT molecular complexity index is 1110. The Morgan fingerprint density at radius 1 is 1.12 bits per heavy atom. The molecule has 1 heterocycles. The summed E-state index contributed by atoms with van der Waals surface area (Å²) in [7, 11) is 1.50. The minimum atomic E-state index is -0.873. The zero-order valence-corrected chi connectivity index (χ0v) is 20.1. The second-order valence-electron chi connectivity index (χ2n) is 8.29. The van der Waals surface area contributed by atoms with Crippen molar-refractivity contribution in [2.45, 2.75) is 39.8 Å². The lowest BCUT2D eigenvalue weighted by Gasteiger charge is -2.25. The van der Waals surface area contributed by atoms with Crippen LogP contribution in [0, 0.1) is 6.92 Å². The van der Waals surface area contributed by atoms with Crippen molar-refractivity contribution in [3.63, 3.8) is 0 Å². The molecule has 2 aromatic carbocycles. The van der Waals surface area contributed by atoms with Crippen molar-refractivity contribution in [3.05, 3.63) is 58.7 Å². The van der Waals surface area contributed by atoms with E-state index < -0.39 is 17.7 Å². The van der Waals surface area contributed by atoms with Crippen LogP contribution in [0.3, 0.4) is 0 Å². The Morgan fingerprint density at radius 2 is 1.85 bits per heavy atom. The Morgan fingerprint density at radius 3 is 2.47 bits per heavy atom. The standard InChI is InChI=1S/C26H31NO7/c1-6-33-21-14-17(7-9-19(21)28)23-22(25(30)26(31)27(23)11-12-32-5)24(29)18-8-10-20(16(4)13-18)34-15(2)3/h7-10,13-15,23,28-29H,6,11-12H2,1-5H3/b24-22+/t23-/m1/s1. The van der Waals surface area contributed by atoms with Gasteiger partial charge in [-0.15, -0.1) is 0 Å². The molecule has 0 aromatic heterocycles. The van der Waals surface area contributed by atoms with Gasteiger partial charge in [0, 0.05) is 19.2 Å². The van der Waals surface area contributed by atoms with Gasteiger partial charge in [0.2, 0.25) is 0 Å². The number of methoxy groups -OCH3 is 1. The highest BCUT2D eigenvalue weighted by Crippen LogP contribution is 2.42. The molecule has 1 amide bonds. The number of amides is 1. The van der Waals surface area contributed by atoms with Gasteiger partial charge < -0.3 is 29.3 Å². The molecule has 8 nitrogen and oxygen atoms in total. The summed E-state index contributed by atoms with van der Waals surface area (Å²) in [4.78, 5) is 27.4. The summed E-state index contributed by atoms with van der Waals surface area (Å²) in [5.41, 5.74) is 1.67. The molecule has 1 aliphatic heterocycles. The van der Waals surface area contributed by atoms with E-state index in [4.69, 9.17) is 14.2 Å². The Labute approximate surface area is 199 Å². The number of ether oxygens (including phenoxy) is 3. The first-order valence-corrected chi connectivity index (χ1v) is 11.2. The van der Waals surface area contributed by atoms with Crippen LogP contribution in [0.4, 0.5) is 0 Å². The van der Waals surface area contributed by atoms with Gasteiger partial charge in [0.1, 0.15) is 11.5 Å². The number of rotatable bonds is 9. The van der Waals surface area contributed by atoms with Crippen LogP contribution in [-0.4, -0.2) is 59.8 Å². The zero-order valence-electron chi connectivity index (χ0n) is 20.1. The van der Waals surface area contributed by atoms with Crippen molar-refractivity contribution in [2.75, 3.05) is 26.9 Å². The van der Waals surface area contributed by atoms with Crippen molar-refractivity contribution < 1.29 is 34.0 Å². The van der Waals surface area contributed by atoms with Gasteiger partial charge in [-0.2, -0.15) is 0 Å². The molecule has 0 saturated carbocycles. The Kier molecular flexibility index (Phi) is 7.83. The SMILES string of the molecule is CCOc1cc([C@@H]2/C(=C(\O)c3ccc(OC(C)C)c(C)c3)C(=O)C(=O)N2CCOC)ccc1O. The smallest absolute Gasteiger partial charge is 0.295 e. The van der Waals surface area contributed by atoms with Crippen LogP contribution in [0.25, 0.3) is 5.76 Å². The summed E-state index contributed by atoms with van der Waals surface area (Å²) in [6, 6.07) is 8.85. The van der Waals surface area contributed by atoms with Gasteiger partial charge in [-0.3, -0.25) is 9.59 Å². The van der Waals surface area contributed by atoms with E-state index in [0.29, 0.717) is 23.5 Å². The minimum absolute atomic E-state index is 0.0155. The first-order chi connectivity index (χ1) is 16.2. The molecule has 2 aromatic rings. The van der Waals surface area contributed by atoms with Gasteiger partial charge in [-0.05, 0) is 69.2 Å². The average Bonchev–Trinajstić information content (AvgIpc) is 3.04. The molecule has 1 saturated heterocycles. The van der Waals surface area contributed by atoms with Crippen molar-refractivity contribution in [1.82, 2.24) is 4.90 Å². The number of Topliss-reactive ketones (excluding diaryl/α,β-unsaturated/α-hetero) is 1. The maximum atomic E-state index is 13.1. The number of phenols is 1. The van der Waals surface area contributed by atoms with Crippen molar-refractivity contribution in [3.8, 4) is 17.2 Å². The number of ketones is 1. The molecule has 34 heavy (non-hydrogen) atoms. The summed E-state index contributed by atoms with van der Waals surface area (Å²) in [5, 5.41) is 21.4. The highest BCUT2D eigenvalue weighted by atomic mass is 16.5. The summed E-state index contributed by atoms with van der Waals surface area (Å²) in [6.07, 6.45) is -0.0155. The normalized spacial score (nSPS) is 17.5. The summed E-state index contributed by atoms with van der Waals surface area (Å²) >= 11 is 0. The maximum absolute atomic E-state index is 13.1. The number of hydrogen-bond acceptors (Lipinski definition) is 7. The minimum Gasteiger partial charge on any atom is -0.507 e. The monoisotopic (exact) mass is 469 g/mol. The molecule has 8 heteroatoms. The van der Waals surface area contributed by atoms with Gasteiger partial charge in [0.05, 0.1) is 30.9 Å². The number of aliphatic hydroxyl groups excluding tert-OH is 1. The lowest BCUT2D eigenvalue weighted by atomic mass is 9.94. The maximum Gasteiger partial charge on any atom is 0.295 e. The largest absolute Gasteiger partial charge is 0.507 e. The second kappa shape index (κ2) is 10.6. The predicted octanol–water partition coefficient (Wildman–Crippen LogP) is 3.95. The van der Waals surface area contributed by atoms with Crippen LogP contribution in [0.5, 0.6) is 17.2 Å². The average molecular weight is 470 g/mol. The van der Waals surface area contributed by atoms with Crippen LogP contribution in [0.15, 0.2) is 42.0 Å². The zero-order chi connectivity index (χ0) is 25.0. The molecule has 0 spiro atoms. The fourth-order valence-electron chi connectivity index (χ4n) is 3.96. The first-order valence-electron chi connectivity index (χ1n) is 11.2. The van der Waals surface area contributed by atoms with E-state index in [-0.39, 0.29) is 42.1 Å². The van der Waals surface area contributed by atoms with Gasteiger partial charge in [-0.25, -0.2) is 0 Å². The highest BCUT2D eigenvalue weighted by Gasteiger charge is 2.46. The first kappa shape index (κ1) is 25.1. The van der Waals surface area contributed by atoms with Gasteiger partial charge in [0.25, 0.3) is 11.7 Å². The summed E-state index contributed by atoms with van der Waals surface area (Å²) < 4.78 is 16.4. The Balaban J connectivity index is 2.15. The molecule has 1 atom stereocenters. The van der Waals surface area contributed by atoms with Crippen molar-refractivity contribution in [1.29, 1.82) is 0 Å². The number of aliphatic hydroxyl groups is 1. The fourth-order valence-corrected chi connectivity index (χ4v) is 3.96. The third kappa shape index (κ3) is 5.02. The van der Waals surface area contributed by atoms with Crippen LogP contribution in [-0.2, 0) is 14.3 Å². The number of hydrogen-bond donors (Lipinski definition) is 2. The van der Waals surface area contributed by atoms with Gasteiger partial charge in [0.15, 0.2) is 11.5 Å². The van der Waals surface area contributed by atoms with E-state index in [1.165, 1.54) is 18.1 Å². The quantitative estimate of drug-likeness (QED) is 0.325.